The number of halogens is 1. The van der Waals surface area contributed by atoms with Crippen molar-refractivity contribution in [2.24, 2.45) is 0 Å². The van der Waals surface area contributed by atoms with E-state index in [-0.39, 0.29) is 17.6 Å². The van der Waals surface area contributed by atoms with Crippen LogP contribution in [-0.4, -0.2) is 16.1 Å². The highest BCUT2D eigenvalue weighted by atomic mass is 35.5. The van der Waals surface area contributed by atoms with Gasteiger partial charge in [0.1, 0.15) is 18.1 Å². The number of benzene rings is 2. The fraction of sp³-hybridized carbons (Fsp3) is 0.100. The second kappa shape index (κ2) is 8.35. The summed E-state index contributed by atoms with van der Waals surface area (Å²) in [6.07, 6.45) is 0. The molecule has 1 aromatic heterocycles. The average molecular weight is 401 g/mol. The van der Waals surface area contributed by atoms with Crippen molar-refractivity contribution >= 4 is 40.5 Å². The number of aliphatic hydroxyl groups excluding tert-OH is 1. The second-order valence-corrected chi connectivity index (χ2v) is 6.72. The Kier molecular flexibility index (Phi) is 5.91. The molecule has 0 radical (unpaired) electrons. The topological polar surface area (TPSA) is 74.5 Å². The molecule has 2 aromatic carbocycles. The number of aliphatic hydroxyl groups is 1. The molecule has 0 fully saturated rings. The van der Waals surface area contributed by atoms with Crippen LogP contribution in [-0.2, 0) is 6.61 Å². The molecule has 3 rings (SSSR count). The van der Waals surface area contributed by atoms with Crippen molar-refractivity contribution in [1.82, 2.24) is 5.32 Å². The fourth-order valence-electron chi connectivity index (χ4n) is 2.49. The minimum absolute atomic E-state index is 0.156. The lowest BCUT2D eigenvalue weighted by molar-refractivity contribution is 0.0977. The molecule has 0 bridgehead atoms. The molecule has 0 aliphatic carbocycles. The third-order valence-electron chi connectivity index (χ3n) is 3.90. The first-order chi connectivity index (χ1) is 13.0. The van der Waals surface area contributed by atoms with Gasteiger partial charge < -0.3 is 14.8 Å². The Morgan fingerprint density at radius 3 is 2.70 bits per heavy atom. The number of furan rings is 1. The van der Waals surface area contributed by atoms with Gasteiger partial charge in [0.05, 0.1) is 0 Å². The molecule has 0 aliphatic rings. The maximum absolute atomic E-state index is 12.3. The van der Waals surface area contributed by atoms with E-state index in [1.54, 1.807) is 36.4 Å². The molecule has 3 aromatic rings. The fourth-order valence-corrected chi connectivity index (χ4v) is 2.88. The van der Waals surface area contributed by atoms with Crippen molar-refractivity contribution in [3.8, 4) is 11.3 Å². The molecular weight excluding hydrogens is 384 g/mol. The van der Waals surface area contributed by atoms with Gasteiger partial charge in [0.15, 0.2) is 5.11 Å². The summed E-state index contributed by atoms with van der Waals surface area (Å²) < 4.78 is 5.56. The zero-order valence-electron chi connectivity index (χ0n) is 14.5. The average Bonchev–Trinajstić information content (AvgIpc) is 3.12. The number of aryl methyl sites for hydroxylation is 1. The number of hydrogen-bond donors (Lipinski definition) is 3. The van der Waals surface area contributed by atoms with Crippen LogP contribution in [0.3, 0.4) is 0 Å². The Morgan fingerprint density at radius 1 is 1.19 bits per heavy atom. The van der Waals surface area contributed by atoms with E-state index >= 15 is 0 Å². The first-order valence-corrected chi connectivity index (χ1v) is 8.93. The van der Waals surface area contributed by atoms with Gasteiger partial charge in [-0.25, -0.2) is 0 Å². The van der Waals surface area contributed by atoms with Crippen LogP contribution >= 0.6 is 23.8 Å². The summed E-state index contributed by atoms with van der Waals surface area (Å²) in [5.74, 6) is 0.780. The van der Waals surface area contributed by atoms with E-state index in [0.717, 1.165) is 16.8 Å². The molecule has 0 spiro atoms. The van der Waals surface area contributed by atoms with Gasteiger partial charge in [0, 0.05) is 21.8 Å². The van der Waals surface area contributed by atoms with Crippen LogP contribution in [0.15, 0.2) is 59.0 Å². The molecular formula is C20H17ClN2O3S. The number of carbonyl (C=O) groups excluding carboxylic acids is 1. The van der Waals surface area contributed by atoms with Crippen molar-refractivity contribution < 1.29 is 14.3 Å². The Labute approximate surface area is 167 Å². The van der Waals surface area contributed by atoms with Crippen LogP contribution in [0, 0.1) is 6.92 Å². The van der Waals surface area contributed by atoms with Gasteiger partial charge in [-0.1, -0.05) is 29.8 Å². The lowest BCUT2D eigenvalue weighted by atomic mass is 10.1. The van der Waals surface area contributed by atoms with Crippen molar-refractivity contribution in [3.05, 3.63) is 76.5 Å². The maximum Gasteiger partial charge on any atom is 0.257 e. The summed E-state index contributed by atoms with van der Waals surface area (Å²) >= 11 is 11.2. The molecule has 5 nitrogen and oxygen atoms in total. The molecule has 0 unspecified atom stereocenters. The monoisotopic (exact) mass is 400 g/mol. The predicted molar refractivity (Wildman–Crippen MR) is 110 cm³/mol. The molecule has 3 N–H and O–H groups in total. The number of carbonyl (C=O) groups is 1. The number of thiocarbonyl (C=S) groups is 1. The van der Waals surface area contributed by atoms with Crippen LogP contribution < -0.4 is 10.6 Å². The van der Waals surface area contributed by atoms with E-state index < -0.39 is 0 Å². The van der Waals surface area contributed by atoms with Crippen LogP contribution in [0.5, 0.6) is 0 Å². The Morgan fingerprint density at radius 2 is 2.00 bits per heavy atom. The Bertz CT molecular complexity index is 1000. The Balaban J connectivity index is 1.73. The zero-order valence-corrected chi connectivity index (χ0v) is 16.0. The molecule has 7 heteroatoms. The Hall–Kier alpha value is -2.67. The predicted octanol–water partition coefficient (Wildman–Crippen LogP) is 4.53. The van der Waals surface area contributed by atoms with Crippen LogP contribution in [0.25, 0.3) is 11.3 Å². The summed E-state index contributed by atoms with van der Waals surface area (Å²) in [7, 11) is 0. The number of anilines is 1. The lowest BCUT2D eigenvalue weighted by Crippen LogP contribution is -2.34. The normalized spacial score (nSPS) is 10.5. The number of nitrogens with one attached hydrogen (secondary N) is 2. The van der Waals surface area contributed by atoms with E-state index in [0.29, 0.717) is 22.1 Å². The molecule has 0 saturated heterocycles. The lowest BCUT2D eigenvalue weighted by Gasteiger charge is -2.13. The number of hydrogen-bond acceptors (Lipinski definition) is 4. The second-order valence-electron chi connectivity index (χ2n) is 5.87. The summed E-state index contributed by atoms with van der Waals surface area (Å²) in [5.41, 5.74) is 2.94. The van der Waals surface area contributed by atoms with E-state index in [4.69, 9.17) is 33.3 Å². The first kappa shape index (κ1) is 19.1. The van der Waals surface area contributed by atoms with Crippen molar-refractivity contribution in [2.75, 3.05) is 5.32 Å². The molecule has 138 valence electrons. The molecule has 1 heterocycles. The minimum atomic E-state index is -0.345. The van der Waals surface area contributed by atoms with Gasteiger partial charge in [-0.3, -0.25) is 10.1 Å². The standard InChI is InChI=1S/C20H17ClN2O3S/c1-12-5-6-13(18-8-7-16(11-24)26-18)10-17(12)22-20(27)23-19(25)14-3-2-4-15(21)9-14/h2-10,24H,11H2,1H3,(H2,22,23,25,27). The van der Waals surface area contributed by atoms with Crippen LogP contribution in [0.4, 0.5) is 5.69 Å². The van der Waals surface area contributed by atoms with Crippen molar-refractivity contribution in [2.45, 2.75) is 13.5 Å². The highest BCUT2D eigenvalue weighted by Crippen LogP contribution is 2.27. The van der Waals surface area contributed by atoms with Crippen molar-refractivity contribution in [1.29, 1.82) is 0 Å². The summed E-state index contributed by atoms with van der Waals surface area (Å²) in [4.78, 5) is 12.3. The summed E-state index contributed by atoms with van der Waals surface area (Å²) in [5, 5.41) is 15.5. The number of rotatable bonds is 4. The van der Waals surface area contributed by atoms with Gasteiger partial charge in [0.2, 0.25) is 0 Å². The molecule has 1 amide bonds. The van der Waals surface area contributed by atoms with Gasteiger partial charge in [0.25, 0.3) is 5.91 Å². The van der Waals surface area contributed by atoms with E-state index in [2.05, 4.69) is 10.6 Å². The first-order valence-electron chi connectivity index (χ1n) is 8.15. The minimum Gasteiger partial charge on any atom is -0.459 e. The smallest absolute Gasteiger partial charge is 0.257 e. The van der Waals surface area contributed by atoms with E-state index in [9.17, 15) is 4.79 Å². The van der Waals surface area contributed by atoms with Gasteiger partial charge in [-0.15, -0.1) is 0 Å². The largest absolute Gasteiger partial charge is 0.459 e. The highest BCUT2D eigenvalue weighted by molar-refractivity contribution is 7.80. The summed E-state index contributed by atoms with van der Waals surface area (Å²) in [6, 6.07) is 15.8. The maximum atomic E-state index is 12.3. The van der Waals surface area contributed by atoms with Gasteiger partial charge in [-0.05, 0) is 61.1 Å². The van der Waals surface area contributed by atoms with E-state index in [1.807, 2.05) is 25.1 Å². The highest BCUT2D eigenvalue weighted by Gasteiger charge is 2.11. The van der Waals surface area contributed by atoms with Crippen molar-refractivity contribution in [3.63, 3.8) is 0 Å². The third-order valence-corrected chi connectivity index (χ3v) is 4.34. The number of amides is 1. The molecule has 0 saturated carbocycles. The zero-order chi connectivity index (χ0) is 19.4. The van der Waals surface area contributed by atoms with Gasteiger partial charge in [-0.2, -0.15) is 0 Å². The van der Waals surface area contributed by atoms with Crippen LogP contribution in [0.2, 0.25) is 5.02 Å². The summed E-state index contributed by atoms with van der Waals surface area (Å²) in [6.45, 7) is 1.77. The van der Waals surface area contributed by atoms with Crippen LogP contribution in [0.1, 0.15) is 21.7 Å². The van der Waals surface area contributed by atoms with E-state index in [1.165, 1.54) is 0 Å². The molecule has 0 atom stereocenters. The molecule has 0 aliphatic heterocycles. The third kappa shape index (κ3) is 4.74. The van der Waals surface area contributed by atoms with Gasteiger partial charge >= 0.3 is 0 Å². The SMILES string of the molecule is Cc1ccc(-c2ccc(CO)o2)cc1NC(=S)NC(=O)c1cccc(Cl)c1. The quantitative estimate of drug-likeness (QED) is 0.561. The molecule has 27 heavy (non-hydrogen) atoms.